The number of ether oxygens (including phenoxy) is 2. The maximum atomic E-state index is 12.6. The van der Waals surface area contributed by atoms with Gasteiger partial charge in [-0.1, -0.05) is 25.7 Å². The summed E-state index contributed by atoms with van der Waals surface area (Å²) in [6.07, 6.45) is 2.63. The van der Waals surface area contributed by atoms with E-state index in [1.54, 1.807) is 0 Å². The molecule has 4 aliphatic rings. The Hall–Kier alpha value is -2.88. The van der Waals surface area contributed by atoms with E-state index in [-0.39, 0.29) is 22.2 Å². The lowest BCUT2D eigenvalue weighted by atomic mass is 9.53. The molecule has 1 aromatic rings. The van der Waals surface area contributed by atoms with Crippen molar-refractivity contribution in [3.05, 3.63) is 29.1 Å². The van der Waals surface area contributed by atoms with Gasteiger partial charge in [0.25, 0.3) is 0 Å². The van der Waals surface area contributed by atoms with Gasteiger partial charge in [0.15, 0.2) is 0 Å². The highest BCUT2D eigenvalue weighted by Gasteiger charge is 2.54. The van der Waals surface area contributed by atoms with E-state index in [2.05, 4.69) is 52.9 Å². The molecule has 1 amide bonds. The number of carbonyl (C=O) groups excluding carboxylic acids is 1. The van der Waals surface area contributed by atoms with Crippen LogP contribution in [0.4, 0.5) is 0 Å². The van der Waals surface area contributed by atoms with Gasteiger partial charge in [-0.05, 0) is 43.7 Å². The van der Waals surface area contributed by atoms with Crippen molar-refractivity contribution in [3.63, 3.8) is 0 Å². The predicted molar refractivity (Wildman–Crippen MR) is 117 cm³/mol. The van der Waals surface area contributed by atoms with Gasteiger partial charge in [0, 0.05) is 22.9 Å². The maximum absolute atomic E-state index is 12.6. The summed E-state index contributed by atoms with van der Waals surface area (Å²) in [5, 5.41) is 3.10. The minimum atomic E-state index is -0.373. The molecule has 1 aromatic heterocycles. The highest BCUT2D eigenvalue weighted by atomic mass is 16.5. The van der Waals surface area contributed by atoms with Gasteiger partial charge in [0.1, 0.15) is 24.6 Å². The van der Waals surface area contributed by atoms with Crippen molar-refractivity contribution in [1.82, 2.24) is 10.3 Å². The number of carbonyl (C=O) groups is 1. The fourth-order valence-electron chi connectivity index (χ4n) is 5.84. The molecule has 0 unspecified atom stereocenters. The van der Waals surface area contributed by atoms with Crippen molar-refractivity contribution in [2.24, 2.45) is 26.2 Å². The molecule has 2 bridgehead atoms. The zero-order chi connectivity index (χ0) is 21.7. The van der Waals surface area contributed by atoms with Crippen LogP contribution in [0.3, 0.4) is 0 Å². The molecule has 7 heteroatoms. The Balaban J connectivity index is 1.51. The molecule has 31 heavy (non-hydrogen) atoms. The Labute approximate surface area is 182 Å². The van der Waals surface area contributed by atoms with Crippen LogP contribution in [0.2, 0.25) is 0 Å². The summed E-state index contributed by atoms with van der Waals surface area (Å²) in [6, 6.07) is 3.83. The topological polar surface area (TPSA) is 85.2 Å². The van der Waals surface area contributed by atoms with Crippen LogP contribution in [0, 0.1) is 28.1 Å². The smallest absolute Gasteiger partial charge is 0.235 e. The molecule has 1 saturated carbocycles. The van der Waals surface area contributed by atoms with Crippen LogP contribution in [0.1, 0.15) is 57.0 Å². The molecule has 2 fully saturated rings. The second-order valence-electron chi connectivity index (χ2n) is 10.1. The first-order chi connectivity index (χ1) is 14.8. The summed E-state index contributed by atoms with van der Waals surface area (Å²) >= 11 is 0. The van der Waals surface area contributed by atoms with Crippen molar-refractivity contribution < 1.29 is 14.3 Å². The lowest BCUT2D eigenvalue weighted by Gasteiger charge is -2.53. The van der Waals surface area contributed by atoms with Crippen molar-refractivity contribution in [2.75, 3.05) is 32.8 Å². The number of pyridine rings is 1. The molecule has 3 aliphatic heterocycles. The summed E-state index contributed by atoms with van der Waals surface area (Å²) in [4.78, 5) is 26.1. The van der Waals surface area contributed by atoms with Gasteiger partial charge in [-0.15, -0.1) is 0 Å². The first-order valence-corrected chi connectivity index (χ1v) is 10.9. The Bertz CT molecular complexity index is 1030. The highest BCUT2D eigenvalue weighted by Crippen LogP contribution is 2.55. The van der Waals surface area contributed by atoms with Crippen molar-refractivity contribution in [2.45, 2.75) is 40.0 Å². The summed E-state index contributed by atoms with van der Waals surface area (Å²) in [6.45, 7) is 9.65. The maximum Gasteiger partial charge on any atom is 0.235 e. The number of rotatable bonds is 2. The minimum Gasteiger partial charge on any atom is -0.474 e. The van der Waals surface area contributed by atoms with Crippen LogP contribution in [-0.4, -0.2) is 55.5 Å². The molecular weight excluding hydrogens is 392 g/mol. The third kappa shape index (κ3) is 3.80. The van der Waals surface area contributed by atoms with Gasteiger partial charge in [-0.25, -0.2) is 15.0 Å². The van der Waals surface area contributed by atoms with Crippen molar-refractivity contribution >= 4 is 17.7 Å². The van der Waals surface area contributed by atoms with Gasteiger partial charge in [0.05, 0.1) is 13.1 Å². The molecule has 1 N–H and O–H groups in total. The normalized spacial score (nSPS) is 34.0. The molecule has 0 radical (unpaired) electrons. The number of hydrogen-bond donors (Lipinski definition) is 1. The van der Waals surface area contributed by atoms with Crippen LogP contribution in [0.5, 0.6) is 0 Å². The molecule has 0 aromatic carbocycles. The van der Waals surface area contributed by atoms with Crippen LogP contribution < -0.4 is 5.32 Å². The molecular formula is C24H28N4O3. The number of piperidine rings is 1. The van der Waals surface area contributed by atoms with E-state index < -0.39 is 0 Å². The average molecular weight is 421 g/mol. The van der Waals surface area contributed by atoms with Crippen LogP contribution in [0.25, 0.3) is 0 Å². The Morgan fingerprint density at radius 1 is 0.968 bits per heavy atom. The monoisotopic (exact) mass is 420 g/mol. The number of amides is 1. The Morgan fingerprint density at radius 2 is 1.61 bits per heavy atom. The number of fused-ring (bicyclic) bond motifs is 2. The van der Waals surface area contributed by atoms with Gasteiger partial charge in [0.2, 0.25) is 17.7 Å². The van der Waals surface area contributed by atoms with Crippen LogP contribution in [0.15, 0.2) is 22.1 Å². The van der Waals surface area contributed by atoms with Crippen LogP contribution >= 0.6 is 0 Å². The van der Waals surface area contributed by atoms with Gasteiger partial charge >= 0.3 is 0 Å². The van der Waals surface area contributed by atoms with Gasteiger partial charge in [-0.3, -0.25) is 4.79 Å². The van der Waals surface area contributed by atoms with E-state index in [0.29, 0.717) is 49.5 Å². The Morgan fingerprint density at radius 3 is 2.19 bits per heavy atom. The number of aliphatic imine (C=N–C) groups is 2. The molecule has 1 saturated heterocycles. The standard InChI is InChI=1S/C24H28N4O3/c1-22(12-23(2)14-24(3,13-22)21(29)27-15-23)5-4-16-10-17(19-25-6-8-30-19)28-18(11-16)20-26-7-9-31-20/h10-11H,6-9,12-15H2,1-3H3,(H,27,29)/t22-,23+,24-/m1/s1. The number of hydrogen-bond acceptors (Lipinski definition) is 6. The SMILES string of the molecule is C[C@@]1(C#Cc2cc(C3=NCCO3)nc(C3=NCCO3)c2)C[C@]2(C)CNC(=O)[C@](C)(C1)C2. The minimum absolute atomic E-state index is 0.0672. The second kappa shape index (κ2) is 7.08. The lowest BCUT2D eigenvalue weighted by molar-refractivity contribution is -0.144. The Kier molecular flexibility index (Phi) is 4.58. The zero-order valence-corrected chi connectivity index (χ0v) is 18.4. The van der Waals surface area contributed by atoms with E-state index in [0.717, 1.165) is 31.4 Å². The van der Waals surface area contributed by atoms with Gasteiger partial charge in [-0.2, -0.15) is 0 Å². The number of nitrogens with zero attached hydrogens (tertiary/aromatic N) is 3. The van der Waals surface area contributed by atoms with E-state index in [4.69, 9.17) is 9.47 Å². The van der Waals surface area contributed by atoms with E-state index in [1.807, 2.05) is 12.1 Å². The predicted octanol–water partition coefficient (Wildman–Crippen LogP) is 2.32. The average Bonchev–Trinajstić information content (AvgIpc) is 3.43. The van der Waals surface area contributed by atoms with E-state index in [1.165, 1.54) is 0 Å². The quantitative estimate of drug-likeness (QED) is 0.744. The molecule has 1 aliphatic carbocycles. The molecule has 4 heterocycles. The summed E-state index contributed by atoms with van der Waals surface area (Å²) in [5.41, 5.74) is 1.59. The third-order valence-corrected chi connectivity index (χ3v) is 6.58. The van der Waals surface area contributed by atoms with Gasteiger partial charge < -0.3 is 14.8 Å². The largest absolute Gasteiger partial charge is 0.474 e. The number of nitrogens with one attached hydrogen (secondary N) is 1. The molecule has 3 atom stereocenters. The highest BCUT2D eigenvalue weighted by molar-refractivity contribution is 5.97. The summed E-state index contributed by atoms with van der Waals surface area (Å²) < 4.78 is 11.3. The van der Waals surface area contributed by atoms with Crippen molar-refractivity contribution in [1.29, 1.82) is 0 Å². The van der Waals surface area contributed by atoms with E-state index in [9.17, 15) is 4.79 Å². The fraction of sp³-hybridized carbons (Fsp3) is 0.583. The first-order valence-electron chi connectivity index (χ1n) is 10.9. The van der Waals surface area contributed by atoms with Crippen LogP contribution in [-0.2, 0) is 14.3 Å². The molecule has 7 nitrogen and oxygen atoms in total. The molecule has 5 rings (SSSR count). The second-order valence-corrected chi connectivity index (χ2v) is 10.1. The molecule has 162 valence electrons. The zero-order valence-electron chi connectivity index (χ0n) is 18.4. The number of aromatic nitrogens is 1. The summed E-state index contributed by atoms with van der Waals surface area (Å²) in [7, 11) is 0. The van der Waals surface area contributed by atoms with Crippen molar-refractivity contribution in [3.8, 4) is 11.8 Å². The fourth-order valence-corrected chi connectivity index (χ4v) is 5.84. The third-order valence-electron chi connectivity index (χ3n) is 6.58. The summed E-state index contributed by atoms with van der Waals surface area (Å²) in [5.74, 6) is 8.14. The lowest BCUT2D eigenvalue weighted by Crippen LogP contribution is -2.58. The van der Waals surface area contributed by atoms with E-state index >= 15 is 0 Å². The first kappa shape index (κ1) is 20.0. The molecule has 0 spiro atoms.